The van der Waals surface area contributed by atoms with E-state index in [1.165, 1.54) is 11.1 Å². The van der Waals surface area contributed by atoms with E-state index in [1.54, 1.807) is 26.1 Å². The zero-order valence-electron chi connectivity index (χ0n) is 25.8. The highest BCUT2D eigenvalue weighted by atomic mass is 16.7. The minimum absolute atomic E-state index is 0.00365. The Hall–Kier alpha value is -3.74. The second kappa shape index (κ2) is 13.5. The summed E-state index contributed by atoms with van der Waals surface area (Å²) in [5, 5.41) is 17.5. The summed E-state index contributed by atoms with van der Waals surface area (Å²) in [5.41, 5.74) is 5.65. The van der Waals surface area contributed by atoms with Crippen molar-refractivity contribution < 1.29 is 14.4 Å². The molecule has 0 saturated carbocycles. The summed E-state index contributed by atoms with van der Waals surface area (Å²) < 4.78 is 0. The first kappa shape index (κ1) is 31.2. The van der Waals surface area contributed by atoms with Crippen molar-refractivity contribution >= 4 is 17.6 Å². The molecule has 1 aliphatic heterocycles. The lowest BCUT2D eigenvalue weighted by molar-refractivity contribution is -0.130. The van der Waals surface area contributed by atoms with Gasteiger partial charge in [-0.25, -0.2) is 5.06 Å². The molecule has 2 aromatic rings. The topological polar surface area (TPSA) is 110 Å². The fourth-order valence-electron chi connectivity index (χ4n) is 6.68. The molecular weight excluding hydrogens is 528 g/mol. The van der Waals surface area contributed by atoms with Gasteiger partial charge >= 0.3 is 0 Å². The van der Waals surface area contributed by atoms with Crippen molar-refractivity contribution in [3.05, 3.63) is 69.8 Å². The molecule has 0 radical (unpaired) electrons. The Labute approximate surface area is 249 Å². The van der Waals surface area contributed by atoms with Gasteiger partial charge in [0.15, 0.2) is 0 Å². The van der Waals surface area contributed by atoms with Crippen LogP contribution in [0.1, 0.15) is 71.3 Å². The largest absolute Gasteiger partial charge is 0.355 e. The van der Waals surface area contributed by atoms with Crippen LogP contribution in [-0.4, -0.2) is 80.5 Å². The number of fused-ring (bicyclic) bond motifs is 2. The van der Waals surface area contributed by atoms with E-state index >= 15 is 0 Å². The zero-order chi connectivity index (χ0) is 30.4. The van der Waals surface area contributed by atoms with Gasteiger partial charge in [-0.05, 0) is 93.8 Å². The zero-order valence-corrected chi connectivity index (χ0v) is 25.8. The maximum absolute atomic E-state index is 13.0. The van der Waals surface area contributed by atoms with Crippen molar-refractivity contribution in [3.63, 3.8) is 0 Å². The van der Waals surface area contributed by atoms with Crippen LogP contribution in [0.15, 0.2) is 41.4 Å². The molecule has 2 aliphatic rings. The molecule has 2 atom stereocenters. The van der Waals surface area contributed by atoms with Gasteiger partial charge in [0.2, 0.25) is 5.91 Å². The standard InChI is InChI=1S/C33H44N6O3/c1-22(2)39(42-6)32(36-5)33(15-16-37-21-30(40)38-17-7-8-27(38)20-34)28-13-9-23(3)18-24(28)10-11-25-19-26(31(41)35-4)12-14-29(25)33/h9,12-14,18-19,22,27,37H,7-8,10-11,15-17,21H2,1-6H3,(H,35,41). The monoisotopic (exact) mass is 572 g/mol. The third-order valence-corrected chi connectivity index (χ3v) is 8.58. The van der Waals surface area contributed by atoms with Gasteiger partial charge in [0.1, 0.15) is 11.9 Å². The number of carbonyl (C=O) groups excluding carboxylic acids is 2. The lowest BCUT2D eigenvalue weighted by atomic mass is 9.68. The molecule has 4 rings (SSSR count). The van der Waals surface area contributed by atoms with Crippen molar-refractivity contribution in [2.75, 3.05) is 40.8 Å². The molecule has 1 saturated heterocycles. The Morgan fingerprint density at radius 1 is 1.19 bits per heavy atom. The highest BCUT2D eigenvalue weighted by Gasteiger charge is 2.46. The van der Waals surface area contributed by atoms with Crippen LogP contribution in [0.3, 0.4) is 0 Å². The number of hydrogen-bond donors (Lipinski definition) is 2. The van der Waals surface area contributed by atoms with Crippen LogP contribution in [0.5, 0.6) is 0 Å². The molecule has 0 spiro atoms. The number of aliphatic imine (C=N–C) groups is 1. The van der Waals surface area contributed by atoms with Crippen LogP contribution >= 0.6 is 0 Å². The van der Waals surface area contributed by atoms with Gasteiger partial charge in [0, 0.05) is 26.2 Å². The molecule has 224 valence electrons. The van der Waals surface area contributed by atoms with Crippen molar-refractivity contribution in [2.24, 2.45) is 4.99 Å². The Morgan fingerprint density at radius 2 is 1.88 bits per heavy atom. The Kier molecular flexibility index (Phi) is 10.0. The highest BCUT2D eigenvalue weighted by molar-refractivity contribution is 5.98. The first-order chi connectivity index (χ1) is 20.2. The molecule has 1 aliphatic carbocycles. The third-order valence-electron chi connectivity index (χ3n) is 8.58. The molecule has 1 fully saturated rings. The molecule has 2 N–H and O–H groups in total. The highest BCUT2D eigenvalue weighted by Crippen LogP contribution is 2.45. The Morgan fingerprint density at radius 3 is 2.50 bits per heavy atom. The van der Waals surface area contributed by atoms with Crippen LogP contribution in [0.2, 0.25) is 0 Å². The van der Waals surface area contributed by atoms with Crippen molar-refractivity contribution in [1.82, 2.24) is 20.6 Å². The Balaban J connectivity index is 1.83. The Bertz CT molecular complexity index is 1380. The van der Waals surface area contributed by atoms with Gasteiger partial charge in [0.25, 0.3) is 5.91 Å². The molecule has 2 amide bonds. The van der Waals surface area contributed by atoms with E-state index in [2.05, 4.69) is 61.7 Å². The number of hydroxylamine groups is 2. The number of carbonyl (C=O) groups is 2. The van der Waals surface area contributed by atoms with Crippen LogP contribution in [0.25, 0.3) is 0 Å². The maximum Gasteiger partial charge on any atom is 0.251 e. The summed E-state index contributed by atoms with van der Waals surface area (Å²) in [7, 11) is 5.11. The van der Waals surface area contributed by atoms with Crippen molar-refractivity contribution in [3.8, 4) is 6.07 Å². The number of nitrogens with zero attached hydrogens (tertiary/aromatic N) is 4. The first-order valence-electron chi connectivity index (χ1n) is 14.9. The molecule has 1 heterocycles. The van der Waals surface area contributed by atoms with Gasteiger partial charge < -0.3 is 15.5 Å². The number of likely N-dealkylation sites (tertiary alicyclic amines) is 1. The number of rotatable bonds is 9. The summed E-state index contributed by atoms with van der Waals surface area (Å²) in [5.74, 6) is 0.604. The molecule has 0 aromatic heterocycles. The molecule has 42 heavy (non-hydrogen) atoms. The summed E-state index contributed by atoms with van der Waals surface area (Å²) in [4.78, 5) is 38.2. The smallest absolute Gasteiger partial charge is 0.251 e. The minimum Gasteiger partial charge on any atom is -0.355 e. The molecule has 9 nitrogen and oxygen atoms in total. The van der Waals surface area contributed by atoms with Crippen LogP contribution < -0.4 is 10.6 Å². The van der Waals surface area contributed by atoms with Crippen molar-refractivity contribution in [1.29, 1.82) is 5.26 Å². The van der Waals surface area contributed by atoms with Crippen molar-refractivity contribution in [2.45, 2.75) is 70.4 Å². The van der Waals surface area contributed by atoms with Crippen LogP contribution in [0.4, 0.5) is 0 Å². The van der Waals surface area contributed by atoms with E-state index in [0.29, 0.717) is 25.1 Å². The van der Waals surface area contributed by atoms with E-state index in [0.717, 1.165) is 48.2 Å². The lowest BCUT2D eigenvalue weighted by Crippen LogP contribution is -2.52. The number of amidine groups is 1. The van der Waals surface area contributed by atoms with E-state index in [4.69, 9.17) is 9.83 Å². The SMILES string of the molecule is CN=C(N(OC)C(C)C)C1(CCNCC(=O)N2CCCC2C#N)c2ccc(C)cc2CCc2cc(C(=O)NC)ccc21. The quantitative estimate of drug-likeness (QED) is 0.206. The molecule has 2 unspecified atom stereocenters. The van der Waals surface area contributed by atoms with Gasteiger partial charge in [0.05, 0.1) is 31.2 Å². The van der Waals surface area contributed by atoms with E-state index < -0.39 is 5.41 Å². The average molecular weight is 573 g/mol. The molecule has 9 heteroatoms. The minimum atomic E-state index is -0.718. The molecular formula is C33H44N6O3. The summed E-state index contributed by atoms with van der Waals surface area (Å²) >= 11 is 0. The van der Waals surface area contributed by atoms with Gasteiger partial charge in [-0.3, -0.25) is 19.4 Å². The van der Waals surface area contributed by atoms with E-state index in [1.807, 2.05) is 17.2 Å². The third kappa shape index (κ3) is 5.92. The summed E-state index contributed by atoms with van der Waals surface area (Å²) in [6.45, 7) is 7.56. The number of aryl methyl sites for hydroxylation is 3. The predicted molar refractivity (Wildman–Crippen MR) is 164 cm³/mol. The molecule has 2 aromatic carbocycles. The van der Waals surface area contributed by atoms with Crippen LogP contribution in [-0.2, 0) is 27.9 Å². The van der Waals surface area contributed by atoms with E-state index in [9.17, 15) is 14.9 Å². The van der Waals surface area contributed by atoms with Gasteiger partial charge in [-0.2, -0.15) is 5.26 Å². The number of nitrogens with one attached hydrogen (secondary N) is 2. The lowest BCUT2D eigenvalue weighted by Gasteiger charge is -2.43. The number of nitriles is 1. The normalized spacial score (nSPS) is 20.0. The number of benzene rings is 2. The first-order valence-corrected chi connectivity index (χ1v) is 14.9. The molecule has 0 bridgehead atoms. The summed E-state index contributed by atoms with van der Waals surface area (Å²) in [6.07, 6.45) is 3.79. The fraction of sp³-hybridized carbons (Fsp3) is 0.515. The fourth-order valence-corrected chi connectivity index (χ4v) is 6.68. The van der Waals surface area contributed by atoms with E-state index in [-0.39, 0.29) is 30.4 Å². The predicted octanol–water partition coefficient (Wildman–Crippen LogP) is 3.53. The average Bonchev–Trinajstić information content (AvgIpc) is 3.43. The van der Waals surface area contributed by atoms with Gasteiger partial charge in [-0.1, -0.05) is 29.8 Å². The second-order valence-electron chi connectivity index (χ2n) is 11.5. The van der Waals surface area contributed by atoms with Gasteiger partial charge in [-0.15, -0.1) is 0 Å². The second-order valence-corrected chi connectivity index (χ2v) is 11.5. The number of hydrogen-bond acceptors (Lipinski definition) is 6. The van der Waals surface area contributed by atoms with Crippen LogP contribution in [0, 0.1) is 18.3 Å². The maximum atomic E-state index is 13.0. The summed E-state index contributed by atoms with van der Waals surface area (Å²) in [6, 6.07) is 14.5. The number of amides is 2.